The lowest BCUT2D eigenvalue weighted by Crippen LogP contribution is -2.38. The Bertz CT molecular complexity index is 669. The van der Waals surface area contributed by atoms with E-state index in [9.17, 15) is 9.59 Å². The van der Waals surface area contributed by atoms with E-state index in [1.165, 1.54) is 0 Å². The van der Waals surface area contributed by atoms with Gasteiger partial charge in [0, 0.05) is 31.2 Å². The predicted octanol–water partition coefficient (Wildman–Crippen LogP) is 2.94. The molecule has 1 aromatic carbocycles. The van der Waals surface area contributed by atoms with E-state index < -0.39 is 0 Å². The summed E-state index contributed by atoms with van der Waals surface area (Å²) in [6, 6.07) is 6.51. The zero-order valence-electron chi connectivity index (χ0n) is 18.6. The average Bonchev–Trinajstić information content (AvgIpc) is 3.53. The first-order valence-electron chi connectivity index (χ1n) is 11.0. The van der Waals surface area contributed by atoms with Gasteiger partial charge in [0.1, 0.15) is 0 Å². The molecule has 0 heterocycles. The van der Waals surface area contributed by atoms with Gasteiger partial charge >= 0.3 is 0 Å². The minimum atomic E-state index is -0.00905. The number of aryl methyl sites for hydroxylation is 2. The molecule has 2 N–H and O–H groups in total. The Labute approximate surface area is 176 Å². The van der Waals surface area contributed by atoms with Gasteiger partial charge in [0.2, 0.25) is 11.8 Å². The Morgan fingerprint density at radius 1 is 1.07 bits per heavy atom. The van der Waals surface area contributed by atoms with Crippen molar-refractivity contribution in [3.8, 4) is 0 Å². The van der Waals surface area contributed by atoms with Gasteiger partial charge in [-0.1, -0.05) is 26.0 Å². The van der Waals surface area contributed by atoms with E-state index in [0.717, 1.165) is 55.7 Å². The third kappa shape index (κ3) is 8.54. The van der Waals surface area contributed by atoms with E-state index >= 15 is 0 Å². The molecule has 0 unspecified atom stereocenters. The van der Waals surface area contributed by atoms with Crippen LogP contribution in [0.1, 0.15) is 50.7 Å². The van der Waals surface area contributed by atoms with Crippen molar-refractivity contribution in [2.24, 2.45) is 0 Å². The molecule has 1 saturated carbocycles. The molecular weight excluding hydrogens is 364 g/mol. The molecule has 6 nitrogen and oxygen atoms in total. The highest BCUT2D eigenvalue weighted by atomic mass is 16.2. The zero-order valence-corrected chi connectivity index (χ0v) is 18.6. The van der Waals surface area contributed by atoms with Gasteiger partial charge in [-0.2, -0.15) is 0 Å². The van der Waals surface area contributed by atoms with Crippen LogP contribution in [0.15, 0.2) is 18.2 Å². The fourth-order valence-electron chi connectivity index (χ4n) is 3.48. The largest absolute Gasteiger partial charge is 0.356 e. The Hall–Kier alpha value is -1.92. The number of carbonyl (C=O) groups excluding carboxylic acids is 2. The maximum atomic E-state index is 12.5. The monoisotopic (exact) mass is 402 g/mol. The number of benzene rings is 1. The van der Waals surface area contributed by atoms with E-state index in [-0.39, 0.29) is 11.8 Å². The second kappa shape index (κ2) is 11.9. The molecule has 0 spiro atoms. The summed E-state index contributed by atoms with van der Waals surface area (Å²) in [5, 5.41) is 6.04. The van der Waals surface area contributed by atoms with Gasteiger partial charge in [-0.05, 0) is 69.9 Å². The molecule has 1 aliphatic rings. The first-order chi connectivity index (χ1) is 13.9. The minimum Gasteiger partial charge on any atom is -0.356 e. The summed E-state index contributed by atoms with van der Waals surface area (Å²) < 4.78 is 0. The lowest BCUT2D eigenvalue weighted by atomic mass is 10.1. The van der Waals surface area contributed by atoms with E-state index in [1.54, 1.807) is 0 Å². The molecule has 0 saturated heterocycles. The standard InChI is InChI=1S/C23H38N4O2/c1-5-26(6-2)14-7-13-24-22(28)12-15-27(20-10-11-20)17-23(29)25-21-16-18(3)8-9-19(21)4/h8-9,16,20H,5-7,10-15,17H2,1-4H3,(H,24,28)(H,25,29). The molecule has 1 fully saturated rings. The fraction of sp³-hybridized carbons (Fsp3) is 0.652. The number of amides is 2. The fourth-order valence-corrected chi connectivity index (χ4v) is 3.48. The highest BCUT2D eigenvalue weighted by Crippen LogP contribution is 2.27. The van der Waals surface area contributed by atoms with Crippen molar-refractivity contribution in [2.75, 3.05) is 44.6 Å². The quantitative estimate of drug-likeness (QED) is 0.498. The van der Waals surface area contributed by atoms with Crippen LogP contribution < -0.4 is 10.6 Å². The Morgan fingerprint density at radius 3 is 2.45 bits per heavy atom. The first-order valence-corrected chi connectivity index (χ1v) is 11.0. The van der Waals surface area contributed by atoms with Crippen molar-refractivity contribution in [2.45, 2.75) is 59.4 Å². The summed E-state index contributed by atoms with van der Waals surface area (Å²) in [5.74, 6) is 0.0652. The highest BCUT2D eigenvalue weighted by Gasteiger charge is 2.30. The Morgan fingerprint density at radius 2 is 1.79 bits per heavy atom. The summed E-state index contributed by atoms with van der Waals surface area (Å²) in [6.45, 7) is 13.1. The number of rotatable bonds is 13. The van der Waals surface area contributed by atoms with E-state index in [2.05, 4.69) is 34.3 Å². The number of hydrogen-bond acceptors (Lipinski definition) is 4. The molecule has 29 heavy (non-hydrogen) atoms. The van der Waals surface area contributed by atoms with Crippen molar-refractivity contribution in [3.05, 3.63) is 29.3 Å². The third-order valence-electron chi connectivity index (χ3n) is 5.57. The van der Waals surface area contributed by atoms with Crippen LogP contribution in [0.25, 0.3) is 0 Å². The topological polar surface area (TPSA) is 64.7 Å². The maximum absolute atomic E-state index is 12.5. The van der Waals surface area contributed by atoms with Crippen LogP contribution in [0.4, 0.5) is 5.69 Å². The number of hydrogen-bond donors (Lipinski definition) is 2. The van der Waals surface area contributed by atoms with E-state index in [4.69, 9.17) is 0 Å². The molecule has 2 rings (SSSR count). The third-order valence-corrected chi connectivity index (χ3v) is 5.57. The van der Waals surface area contributed by atoms with Crippen molar-refractivity contribution in [1.29, 1.82) is 0 Å². The lowest BCUT2D eigenvalue weighted by molar-refractivity contribution is -0.122. The molecule has 6 heteroatoms. The summed E-state index contributed by atoms with van der Waals surface area (Å²) in [6.07, 6.45) is 3.64. The summed E-state index contributed by atoms with van der Waals surface area (Å²) >= 11 is 0. The molecule has 162 valence electrons. The highest BCUT2D eigenvalue weighted by molar-refractivity contribution is 5.93. The average molecular weight is 403 g/mol. The molecule has 1 aromatic rings. The van der Waals surface area contributed by atoms with Gasteiger partial charge < -0.3 is 15.5 Å². The van der Waals surface area contributed by atoms with Crippen molar-refractivity contribution < 1.29 is 9.59 Å². The van der Waals surface area contributed by atoms with Crippen molar-refractivity contribution in [1.82, 2.24) is 15.1 Å². The molecular formula is C23H38N4O2. The van der Waals surface area contributed by atoms with Crippen molar-refractivity contribution in [3.63, 3.8) is 0 Å². The zero-order chi connectivity index (χ0) is 21.2. The normalized spacial score (nSPS) is 13.7. The van der Waals surface area contributed by atoms with Crippen LogP contribution in [-0.2, 0) is 9.59 Å². The van der Waals surface area contributed by atoms with E-state index in [0.29, 0.717) is 32.1 Å². The number of nitrogens with zero attached hydrogens (tertiary/aromatic N) is 2. The molecule has 2 amide bonds. The van der Waals surface area contributed by atoms with Gasteiger partial charge in [0.15, 0.2) is 0 Å². The number of carbonyl (C=O) groups is 2. The molecule has 1 aliphatic carbocycles. The van der Waals surface area contributed by atoms with Gasteiger partial charge in [-0.25, -0.2) is 0 Å². The van der Waals surface area contributed by atoms with Crippen LogP contribution in [-0.4, -0.2) is 66.9 Å². The molecule has 0 aliphatic heterocycles. The molecule has 0 radical (unpaired) electrons. The van der Waals surface area contributed by atoms with Gasteiger partial charge in [0.05, 0.1) is 6.54 Å². The SMILES string of the molecule is CCN(CC)CCCNC(=O)CCN(CC(=O)Nc1cc(C)ccc1C)C1CC1. The lowest BCUT2D eigenvalue weighted by Gasteiger charge is -2.21. The van der Waals surface area contributed by atoms with Gasteiger partial charge in [0.25, 0.3) is 0 Å². The predicted molar refractivity (Wildman–Crippen MR) is 119 cm³/mol. The molecule has 0 bridgehead atoms. The van der Waals surface area contributed by atoms with Crippen LogP contribution in [0.3, 0.4) is 0 Å². The summed E-state index contributed by atoms with van der Waals surface area (Å²) in [4.78, 5) is 29.2. The second-order valence-corrected chi connectivity index (χ2v) is 8.05. The minimum absolute atomic E-state index is 0.00905. The number of nitrogens with one attached hydrogen (secondary N) is 2. The summed E-state index contributed by atoms with van der Waals surface area (Å²) in [5.41, 5.74) is 3.06. The van der Waals surface area contributed by atoms with Crippen LogP contribution in [0.5, 0.6) is 0 Å². The smallest absolute Gasteiger partial charge is 0.238 e. The second-order valence-electron chi connectivity index (χ2n) is 8.05. The van der Waals surface area contributed by atoms with Crippen LogP contribution >= 0.6 is 0 Å². The summed E-state index contributed by atoms with van der Waals surface area (Å²) in [7, 11) is 0. The van der Waals surface area contributed by atoms with Gasteiger partial charge in [-0.15, -0.1) is 0 Å². The van der Waals surface area contributed by atoms with Gasteiger partial charge in [-0.3, -0.25) is 14.5 Å². The molecule has 0 aromatic heterocycles. The van der Waals surface area contributed by atoms with E-state index in [1.807, 2.05) is 32.0 Å². The molecule has 0 atom stereocenters. The van der Waals surface area contributed by atoms with Crippen LogP contribution in [0.2, 0.25) is 0 Å². The Kier molecular flexibility index (Phi) is 9.61. The number of anilines is 1. The van der Waals surface area contributed by atoms with Crippen molar-refractivity contribution >= 4 is 17.5 Å². The first kappa shape index (κ1) is 23.4. The Balaban J connectivity index is 1.72. The maximum Gasteiger partial charge on any atom is 0.238 e. The van der Waals surface area contributed by atoms with Crippen LogP contribution in [0, 0.1) is 13.8 Å².